The SMILES string of the molecule is CCCc1nc(-n2cccc2)sc1C(=O)Nc1ccc(C)cn1. The fraction of sp³-hybridized carbons (Fsp3) is 0.235. The van der Waals surface area contributed by atoms with Crippen LogP contribution in [0.5, 0.6) is 0 Å². The number of nitrogens with one attached hydrogen (secondary N) is 1. The smallest absolute Gasteiger partial charge is 0.268 e. The highest BCUT2D eigenvalue weighted by molar-refractivity contribution is 7.16. The number of pyridine rings is 1. The Bertz CT molecular complexity index is 791. The molecule has 3 rings (SSSR count). The Labute approximate surface area is 139 Å². The van der Waals surface area contributed by atoms with Crippen LogP contribution in [0.4, 0.5) is 5.82 Å². The molecule has 0 unspecified atom stereocenters. The summed E-state index contributed by atoms with van der Waals surface area (Å²) in [6.45, 7) is 4.04. The number of carbonyl (C=O) groups is 1. The summed E-state index contributed by atoms with van der Waals surface area (Å²) >= 11 is 1.40. The third kappa shape index (κ3) is 3.48. The average molecular weight is 326 g/mol. The number of anilines is 1. The van der Waals surface area contributed by atoms with E-state index in [1.807, 2.05) is 42.1 Å². The quantitative estimate of drug-likeness (QED) is 0.775. The van der Waals surface area contributed by atoms with Crippen molar-refractivity contribution in [3.8, 4) is 5.13 Å². The molecule has 0 saturated carbocycles. The van der Waals surface area contributed by atoms with Crippen LogP contribution in [0.15, 0.2) is 42.9 Å². The van der Waals surface area contributed by atoms with Gasteiger partial charge in [0, 0.05) is 18.6 Å². The van der Waals surface area contributed by atoms with E-state index in [0.29, 0.717) is 10.7 Å². The summed E-state index contributed by atoms with van der Waals surface area (Å²) in [5, 5.41) is 3.66. The standard InChI is InChI=1S/C17H18N4OS/c1-3-6-13-15(23-17(19-13)21-9-4-5-10-21)16(22)20-14-8-7-12(2)11-18-14/h4-5,7-11H,3,6H2,1-2H3,(H,18,20,22). The first-order chi connectivity index (χ1) is 11.2. The van der Waals surface area contributed by atoms with Crippen LogP contribution in [0.3, 0.4) is 0 Å². The molecule has 0 atom stereocenters. The molecule has 3 aromatic heterocycles. The Morgan fingerprint density at radius 1 is 1.30 bits per heavy atom. The van der Waals surface area contributed by atoms with Gasteiger partial charge in [-0.1, -0.05) is 30.7 Å². The van der Waals surface area contributed by atoms with Crippen molar-refractivity contribution in [3.05, 3.63) is 59.0 Å². The number of hydrogen-bond donors (Lipinski definition) is 1. The maximum atomic E-state index is 12.6. The van der Waals surface area contributed by atoms with Gasteiger partial charge in [-0.25, -0.2) is 9.97 Å². The monoisotopic (exact) mass is 326 g/mol. The van der Waals surface area contributed by atoms with Gasteiger partial charge >= 0.3 is 0 Å². The molecule has 0 aliphatic rings. The lowest BCUT2D eigenvalue weighted by Gasteiger charge is -2.04. The number of amides is 1. The van der Waals surface area contributed by atoms with Crippen LogP contribution < -0.4 is 5.32 Å². The molecule has 23 heavy (non-hydrogen) atoms. The fourth-order valence-corrected chi connectivity index (χ4v) is 3.18. The predicted octanol–water partition coefficient (Wildman–Crippen LogP) is 3.84. The molecule has 0 aliphatic heterocycles. The minimum absolute atomic E-state index is 0.152. The summed E-state index contributed by atoms with van der Waals surface area (Å²) in [6, 6.07) is 7.61. The van der Waals surface area contributed by atoms with Gasteiger partial charge in [-0.3, -0.25) is 4.79 Å². The Hall–Kier alpha value is -2.47. The Kier molecular flexibility index (Phi) is 4.52. The number of aromatic nitrogens is 3. The van der Waals surface area contributed by atoms with Gasteiger partial charge in [0.15, 0.2) is 5.13 Å². The molecular formula is C17H18N4OS. The van der Waals surface area contributed by atoms with E-state index in [9.17, 15) is 4.79 Å². The summed E-state index contributed by atoms with van der Waals surface area (Å²) in [4.78, 5) is 22.1. The largest absolute Gasteiger partial charge is 0.306 e. The zero-order valence-electron chi connectivity index (χ0n) is 13.1. The number of rotatable bonds is 5. The van der Waals surface area contributed by atoms with E-state index in [4.69, 9.17) is 0 Å². The summed E-state index contributed by atoms with van der Waals surface area (Å²) in [6.07, 6.45) is 7.32. The number of thiazole rings is 1. The number of aryl methyl sites for hydroxylation is 2. The molecule has 3 heterocycles. The van der Waals surface area contributed by atoms with E-state index in [1.165, 1.54) is 11.3 Å². The number of carbonyl (C=O) groups excluding carboxylic acids is 1. The van der Waals surface area contributed by atoms with Crippen molar-refractivity contribution in [1.29, 1.82) is 0 Å². The minimum Gasteiger partial charge on any atom is -0.306 e. The highest BCUT2D eigenvalue weighted by atomic mass is 32.1. The highest BCUT2D eigenvalue weighted by Crippen LogP contribution is 2.24. The summed E-state index contributed by atoms with van der Waals surface area (Å²) in [5.41, 5.74) is 1.90. The van der Waals surface area contributed by atoms with Crippen molar-refractivity contribution >= 4 is 23.1 Å². The van der Waals surface area contributed by atoms with Gasteiger partial charge in [-0.15, -0.1) is 0 Å². The topological polar surface area (TPSA) is 59.8 Å². The summed E-state index contributed by atoms with van der Waals surface area (Å²) in [7, 11) is 0. The van der Waals surface area contributed by atoms with Crippen LogP contribution in [-0.2, 0) is 6.42 Å². The van der Waals surface area contributed by atoms with Gasteiger partial charge in [-0.2, -0.15) is 0 Å². The molecule has 0 bridgehead atoms. The average Bonchev–Trinajstić information content (AvgIpc) is 3.19. The van der Waals surface area contributed by atoms with Gasteiger partial charge in [0.25, 0.3) is 5.91 Å². The lowest BCUT2D eigenvalue weighted by atomic mass is 10.2. The van der Waals surface area contributed by atoms with Crippen LogP contribution in [0.25, 0.3) is 5.13 Å². The second kappa shape index (κ2) is 6.75. The molecule has 0 aliphatic carbocycles. The fourth-order valence-electron chi connectivity index (χ4n) is 2.21. The van der Waals surface area contributed by atoms with E-state index in [-0.39, 0.29) is 5.91 Å². The van der Waals surface area contributed by atoms with Gasteiger partial charge in [0.1, 0.15) is 10.7 Å². The third-order valence-corrected chi connectivity index (χ3v) is 4.47. The first-order valence-corrected chi connectivity index (χ1v) is 8.36. The molecule has 118 valence electrons. The molecule has 0 fully saturated rings. The maximum Gasteiger partial charge on any atom is 0.268 e. The lowest BCUT2D eigenvalue weighted by Crippen LogP contribution is -2.13. The predicted molar refractivity (Wildman–Crippen MR) is 92.4 cm³/mol. The van der Waals surface area contributed by atoms with Gasteiger partial charge < -0.3 is 9.88 Å². The molecule has 0 aromatic carbocycles. The van der Waals surface area contributed by atoms with E-state index < -0.39 is 0 Å². The lowest BCUT2D eigenvalue weighted by molar-refractivity contribution is 0.102. The van der Waals surface area contributed by atoms with Crippen LogP contribution in [0.1, 0.15) is 34.3 Å². The zero-order valence-corrected chi connectivity index (χ0v) is 13.9. The molecule has 1 N–H and O–H groups in total. The van der Waals surface area contributed by atoms with Crippen molar-refractivity contribution in [2.75, 3.05) is 5.32 Å². The molecule has 0 spiro atoms. The van der Waals surface area contributed by atoms with Crippen LogP contribution in [-0.4, -0.2) is 20.4 Å². The van der Waals surface area contributed by atoms with Crippen molar-refractivity contribution in [1.82, 2.24) is 14.5 Å². The van der Waals surface area contributed by atoms with E-state index in [2.05, 4.69) is 22.2 Å². The minimum atomic E-state index is -0.152. The molecule has 1 amide bonds. The number of hydrogen-bond acceptors (Lipinski definition) is 4. The zero-order chi connectivity index (χ0) is 16.2. The summed E-state index contributed by atoms with van der Waals surface area (Å²) < 4.78 is 1.92. The van der Waals surface area contributed by atoms with Crippen molar-refractivity contribution in [3.63, 3.8) is 0 Å². The van der Waals surface area contributed by atoms with Gasteiger partial charge in [0.2, 0.25) is 0 Å². The van der Waals surface area contributed by atoms with Crippen molar-refractivity contribution in [2.24, 2.45) is 0 Å². The molecule has 5 nitrogen and oxygen atoms in total. The molecular weight excluding hydrogens is 308 g/mol. The van der Waals surface area contributed by atoms with Crippen molar-refractivity contribution < 1.29 is 4.79 Å². The second-order valence-electron chi connectivity index (χ2n) is 5.29. The second-order valence-corrected chi connectivity index (χ2v) is 6.27. The first-order valence-electron chi connectivity index (χ1n) is 7.54. The van der Waals surface area contributed by atoms with E-state index >= 15 is 0 Å². The van der Waals surface area contributed by atoms with Crippen LogP contribution in [0, 0.1) is 6.92 Å². The van der Waals surface area contributed by atoms with Gasteiger partial charge in [-0.05, 0) is 37.1 Å². The van der Waals surface area contributed by atoms with Crippen LogP contribution >= 0.6 is 11.3 Å². The number of nitrogens with zero attached hydrogens (tertiary/aromatic N) is 3. The molecule has 0 saturated heterocycles. The Morgan fingerprint density at radius 2 is 2.09 bits per heavy atom. The maximum absolute atomic E-state index is 12.6. The van der Waals surface area contributed by atoms with E-state index in [1.54, 1.807) is 12.3 Å². The summed E-state index contributed by atoms with van der Waals surface area (Å²) in [5.74, 6) is 0.402. The van der Waals surface area contributed by atoms with E-state index in [0.717, 1.165) is 29.2 Å². The van der Waals surface area contributed by atoms with Gasteiger partial charge in [0.05, 0.1) is 5.69 Å². The molecule has 0 radical (unpaired) electrons. The molecule has 6 heteroatoms. The first kappa shape index (κ1) is 15.4. The molecule has 3 aromatic rings. The highest BCUT2D eigenvalue weighted by Gasteiger charge is 2.18. The Morgan fingerprint density at radius 3 is 2.74 bits per heavy atom. The Balaban J connectivity index is 1.87. The normalized spacial score (nSPS) is 10.7. The van der Waals surface area contributed by atoms with Crippen molar-refractivity contribution in [2.45, 2.75) is 26.7 Å². The third-order valence-electron chi connectivity index (χ3n) is 3.36. The van der Waals surface area contributed by atoms with Crippen LogP contribution in [0.2, 0.25) is 0 Å².